The zero-order valence-electron chi connectivity index (χ0n) is 13.9. The van der Waals surface area contributed by atoms with E-state index in [0.717, 1.165) is 17.5 Å². The molecular formula is C18H18Cl2N2O3. The summed E-state index contributed by atoms with van der Waals surface area (Å²) < 4.78 is 10.7. The topological polar surface area (TPSA) is 50.8 Å². The van der Waals surface area contributed by atoms with Crippen molar-refractivity contribution in [3.8, 4) is 11.5 Å². The van der Waals surface area contributed by atoms with Crippen LogP contribution >= 0.6 is 23.2 Å². The van der Waals surface area contributed by atoms with Crippen LogP contribution in [0.1, 0.15) is 11.1 Å². The fourth-order valence-electron chi connectivity index (χ4n) is 2.83. The molecule has 7 heteroatoms. The van der Waals surface area contributed by atoms with Gasteiger partial charge in [-0.3, -0.25) is 0 Å². The first-order valence-electron chi connectivity index (χ1n) is 7.76. The predicted octanol–water partition coefficient (Wildman–Crippen LogP) is 4.60. The molecule has 0 unspecified atom stereocenters. The number of nitrogens with zero attached hydrogens (tertiary/aromatic N) is 1. The monoisotopic (exact) mass is 380 g/mol. The van der Waals surface area contributed by atoms with Crippen LogP contribution in [-0.4, -0.2) is 31.7 Å². The smallest absolute Gasteiger partial charge is 0.322 e. The van der Waals surface area contributed by atoms with Crippen LogP contribution in [0.5, 0.6) is 11.5 Å². The van der Waals surface area contributed by atoms with Gasteiger partial charge in [-0.2, -0.15) is 0 Å². The molecule has 2 aromatic carbocycles. The second-order valence-electron chi connectivity index (χ2n) is 5.71. The van der Waals surface area contributed by atoms with Gasteiger partial charge in [0.25, 0.3) is 0 Å². The highest BCUT2D eigenvalue weighted by Crippen LogP contribution is 2.33. The van der Waals surface area contributed by atoms with E-state index in [1.807, 2.05) is 12.1 Å². The number of anilines is 1. The van der Waals surface area contributed by atoms with E-state index in [1.54, 1.807) is 37.3 Å². The van der Waals surface area contributed by atoms with Crippen molar-refractivity contribution in [3.63, 3.8) is 0 Å². The number of hydrogen-bond donors (Lipinski definition) is 1. The van der Waals surface area contributed by atoms with Crippen LogP contribution in [0.4, 0.5) is 10.5 Å². The second kappa shape index (κ2) is 7.42. The fraction of sp³-hybridized carbons (Fsp3) is 0.278. The summed E-state index contributed by atoms with van der Waals surface area (Å²) in [6, 6.07) is 8.72. The molecule has 132 valence electrons. The molecular weight excluding hydrogens is 363 g/mol. The lowest BCUT2D eigenvalue weighted by Crippen LogP contribution is -2.38. The molecule has 0 bridgehead atoms. The minimum absolute atomic E-state index is 0.182. The maximum Gasteiger partial charge on any atom is 0.322 e. The molecule has 0 atom stereocenters. The molecule has 2 amide bonds. The lowest BCUT2D eigenvalue weighted by molar-refractivity contribution is 0.206. The van der Waals surface area contributed by atoms with Gasteiger partial charge in [-0.15, -0.1) is 0 Å². The van der Waals surface area contributed by atoms with Gasteiger partial charge in [0.2, 0.25) is 0 Å². The van der Waals surface area contributed by atoms with Gasteiger partial charge in [-0.25, -0.2) is 4.79 Å². The molecule has 0 aliphatic carbocycles. The summed E-state index contributed by atoms with van der Waals surface area (Å²) in [5, 5.41) is 3.70. The van der Waals surface area contributed by atoms with Crippen molar-refractivity contribution in [3.05, 3.63) is 51.5 Å². The third kappa shape index (κ3) is 3.78. The van der Waals surface area contributed by atoms with E-state index in [4.69, 9.17) is 32.7 Å². The third-order valence-corrected chi connectivity index (χ3v) is 4.92. The number of ether oxygens (including phenoxy) is 2. The highest BCUT2D eigenvalue weighted by atomic mass is 35.5. The number of benzene rings is 2. The molecule has 2 aromatic rings. The SMILES string of the molecule is COc1cc2c(cc1OC)CN(C(=O)Nc1ccc(Cl)c(Cl)c1)CC2. The summed E-state index contributed by atoms with van der Waals surface area (Å²) in [5.41, 5.74) is 2.82. The summed E-state index contributed by atoms with van der Waals surface area (Å²) >= 11 is 11.9. The average molecular weight is 381 g/mol. The van der Waals surface area contributed by atoms with E-state index >= 15 is 0 Å². The quantitative estimate of drug-likeness (QED) is 0.846. The molecule has 1 heterocycles. The Morgan fingerprint density at radius 2 is 1.72 bits per heavy atom. The van der Waals surface area contributed by atoms with E-state index in [9.17, 15) is 4.79 Å². The van der Waals surface area contributed by atoms with Gasteiger partial charge in [0.05, 0.1) is 24.3 Å². The van der Waals surface area contributed by atoms with E-state index in [1.165, 1.54) is 0 Å². The zero-order chi connectivity index (χ0) is 18.0. The van der Waals surface area contributed by atoms with Gasteiger partial charge < -0.3 is 19.7 Å². The van der Waals surface area contributed by atoms with Gasteiger partial charge in [0.1, 0.15) is 0 Å². The predicted molar refractivity (Wildman–Crippen MR) is 99.1 cm³/mol. The Morgan fingerprint density at radius 1 is 1.04 bits per heavy atom. The number of amides is 2. The maximum atomic E-state index is 12.5. The van der Waals surface area contributed by atoms with Crippen molar-refractivity contribution >= 4 is 34.9 Å². The molecule has 0 spiro atoms. The third-order valence-electron chi connectivity index (χ3n) is 4.18. The Labute approximate surface area is 156 Å². The minimum Gasteiger partial charge on any atom is -0.493 e. The van der Waals surface area contributed by atoms with Crippen LogP contribution < -0.4 is 14.8 Å². The van der Waals surface area contributed by atoms with Gasteiger partial charge in [0.15, 0.2) is 11.5 Å². The van der Waals surface area contributed by atoms with Gasteiger partial charge >= 0.3 is 6.03 Å². The van der Waals surface area contributed by atoms with Crippen molar-refractivity contribution in [2.75, 3.05) is 26.1 Å². The van der Waals surface area contributed by atoms with E-state index in [-0.39, 0.29) is 6.03 Å². The summed E-state index contributed by atoms with van der Waals surface area (Å²) in [7, 11) is 3.21. The molecule has 0 radical (unpaired) electrons. The number of carbonyl (C=O) groups is 1. The lowest BCUT2D eigenvalue weighted by Gasteiger charge is -2.29. The molecule has 0 fully saturated rings. The number of urea groups is 1. The van der Waals surface area contributed by atoms with Crippen LogP contribution in [0.3, 0.4) is 0 Å². The number of carbonyl (C=O) groups excluding carboxylic acids is 1. The Hall–Kier alpha value is -2.11. The first-order chi connectivity index (χ1) is 12.0. The van der Waals surface area contributed by atoms with Crippen LogP contribution in [0.15, 0.2) is 30.3 Å². The number of nitrogens with one attached hydrogen (secondary N) is 1. The molecule has 0 saturated carbocycles. The number of methoxy groups -OCH3 is 2. The van der Waals surface area contributed by atoms with Crippen molar-refractivity contribution in [1.82, 2.24) is 4.90 Å². The van der Waals surface area contributed by atoms with E-state index in [2.05, 4.69) is 5.32 Å². The van der Waals surface area contributed by atoms with Crippen molar-refractivity contribution < 1.29 is 14.3 Å². The van der Waals surface area contributed by atoms with Crippen LogP contribution in [0.25, 0.3) is 0 Å². The fourth-order valence-corrected chi connectivity index (χ4v) is 3.13. The Bertz CT molecular complexity index is 811. The highest BCUT2D eigenvalue weighted by Gasteiger charge is 2.23. The summed E-state index contributed by atoms with van der Waals surface area (Å²) in [4.78, 5) is 14.3. The highest BCUT2D eigenvalue weighted by molar-refractivity contribution is 6.42. The Kier molecular flexibility index (Phi) is 5.25. The molecule has 3 rings (SSSR count). The van der Waals surface area contributed by atoms with Crippen molar-refractivity contribution in [2.24, 2.45) is 0 Å². The first kappa shape index (κ1) is 17.7. The molecule has 25 heavy (non-hydrogen) atoms. The van der Waals surface area contributed by atoms with Crippen LogP contribution in [0, 0.1) is 0 Å². The summed E-state index contributed by atoms with van der Waals surface area (Å²) in [6.07, 6.45) is 0.754. The standard InChI is InChI=1S/C18H18Cl2N2O3/c1-24-16-7-11-5-6-22(10-12(11)8-17(16)25-2)18(23)21-13-3-4-14(19)15(20)9-13/h3-4,7-9H,5-6,10H2,1-2H3,(H,21,23). The normalized spacial score (nSPS) is 13.2. The molecule has 5 nitrogen and oxygen atoms in total. The lowest BCUT2D eigenvalue weighted by atomic mass is 9.99. The zero-order valence-corrected chi connectivity index (χ0v) is 15.4. The summed E-state index contributed by atoms with van der Waals surface area (Å²) in [6.45, 7) is 1.12. The molecule has 1 aliphatic rings. The Balaban J connectivity index is 1.75. The van der Waals surface area contributed by atoms with Gasteiger partial charge in [0, 0.05) is 18.8 Å². The van der Waals surface area contributed by atoms with Gasteiger partial charge in [-0.1, -0.05) is 23.2 Å². The number of rotatable bonds is 3. The maximum absolute atomic E-state index is 12.5. The van der Waals surface area contributed by atoms with Crippen LogP contribution in [-0.2, 0) is 13.0 Å². The summed E-state index contributed by atoms with van der Waals surface area (Å²) in [5.74, 6) is 1.36. The first-order valence-corrected chi connectivity index (χ1v) is 8.52. The number of hydrogen-bond acceptors (Lipinski definition) is 3. The number of halogens is 2. The van der Waals surface area contributed by atoms with Gasteiger partial charge in [-0.05, 0) is 47.9 Å². The Morgan fingerprint density at radius 3 is 2.36 bits per heavy atom. The average Bonchev–Trinajstić information content (AvgIpc) is 2.63. The molecule has 0 aromatic heterocycles. The number of fused-ring (bicyclic) bond motifs is 1. The largest absolute Gasteiger partial charge is 0.493 e. The van der Waals surface area contributed by atoms with Crippen molar-refractivity contribution in [2.45, 2.75) is 13.0 Å². The van der Waals surface area contributed by atoms with Crippen molar-refractivity contribution in [1.29, 1.82) is 0 Å². The van der Waals surface area contributed by atoms with E-state index in [0.29, 0.717) is 40.3 Å². The van der Waals surface area contributed by atoms with E-state index < -0.39 is 0 Å². The minimum atomic E-state index is -0.182. The van der Waals surface area contributed by atoms with Crippen LogP contribution in [0.2, 0.25) is 10.0 Å². The molecule has 0 saturated heterocycles. The molecule has 1 aliphatic heterocycles. The molecule has 1 N–H and O–H groups in total. The second-order valence-corrected chi connectivity index (χ2v) is 6.52.